The molecule has 1 N–H and O–H groups in total. The molecule has 1 saturated heterocycles. The van der Waals surface area contributed by atoms with Crippen LogP contribution >= 0.6 is 39.1 Å². The van der Waals surface area contributed by atoms with E-state index in [9.17, 15) is 9.18 Å². The van der Waals surface area contributed by atoms with E-state index in [1.165, 1.54) is 17.8 Å². The average molecular weight is 604 g/mol. The van der Waals surface area contributed by atoms with Crippen molar-refractivity contribution in [2.45, 2.75) is 24.8 Å². The highest BCUT2D eigenvalue weighted by Crippen LogP contribution is 2.50. The summed E-state index contributed by atoms with van der Waals surface area (Å²) in [4.78, 5) is 21.1. The highest BCUT2D eigenvalue weighted by molar-refractivity contribution is 9.10. The van der Waals surface area contributed by atoms with E-state index in [0.717, 1.165) is 48.2 Å². The lowest BCUT2D eigenvalue weighted by molar-refractivity contribution is 0.179. The van der Waals surface area contributed by atoms with Gasteiger partial charge in [-0.15, -0.1) is 0 Å². The first-order chi connectivity index (χ1) is 17.8. The van der Waals surface area contributed by atoms with Crippen LogP contribution in [-0.2, 0) is 12.0 Å². The normalized spacial score (nSPS) is 16.9. The fraction of sp³-hybridized carbons (Fsp3) is 0.286. The second-order valence-electron chi connectivity index (χ2n) is 9.52. The maximum atomic E-state index is 13.4. The van der Waals surface area contributed by atoms with Crippen LogP contribution in [0, 0.1) is 5.95 Å². The van der Waals surface area contributed by atoms with Gasteiger partial charge in [0.2, 0.25) is 5.95 Å². The Morgan fingerprint density at radius 2 is 1.95 bits per heavy atom. The van der Waals surface area contributed by atoms with Gasteiger partial charge in [-0.05, 0) is 79.0 Å². The monoisotopic (exact) mass is 602 g/mol. The number of anilines is 1. The zero-order valence-corrected chi connectivity index (χ0v) is 23.2. The maximum Gasteiger partial charge on any atom is 0.322 e. The number of nitrogens with one attached hydrogen (secondary N) is 1. The smallest absolute Gasteiger partial charge is 0.322 e. The zero-order valence-electron chi connectivity index (χ0n) is 20.1. The molecule has 0 bridgehead atoms. The van der Waals surface area contributed by atoms with Gasteiger partial charge < -0.3 is 5.32 Å². The summed E-state index contributed by atoms with van der Waals surface area (Å²) in [5.41, 5.74) is 3.71. The fourth-order valence-electron chi connectivity index (χ4n) is 5.26. The molecule has 3 aromatic rings. The first-order valence-corrected chi connectivity index (χ1v) is 13.7. The topological polar surface area (TPSA) is 48.5 Å². The molecule has 2 aliphatic heterocycles. The predicted octanol–water partition coefficient (Wildman–Crippen LogP) is 7.07. The number of carbonyl (C=O) groups is 1. The van der Waals surface area contributed by atoms with Crippen molar-refractivity contribution in [2.75, 3.05) is 31.1 Å². The summed E-state index contributed by atoms with van der Waals surface area (Å²) in [6.45, 7) is 3.56. The van der Waals surface area contributed by atoms with Gasteiger partial charge in [-0.1, -0.05) is 63.4 Å². The van der Waals surface area contributed by atoms with Crippen LogP contribution in [-0.4, -0.2) is 42.1 Å². The van der Waals surface area contributed by atoms with E-state index in [0.29, 0.717) is 22.2 Å². The number of nitrogens with zero attached hydrogens (tertiary/aromatic N) is 3. The molecule has 2 aliphatic rings. The average Bonchev–Trinajstić information content (AvgIpc) is 3.21. The number of likely N-dealkylation sites (tertiary alicyclic amines) is 1. The summed E-state index contributed by atoms with van der Waals surface area (Å²) in [7, 11) is 0. The van der Waals surface area contributed by atoms with Gasteiger partial charge in [0.1, 0.15) is 0 Å². The highest BCUT2D eigenvalue weighted by atomic mass is 79.9. The second kappa shape index (κ2) is 11.1. The Balaban J connectivity index is 1.25. The molecule has 1 fully saturated rings. The number of rotatable bonds is 5. The van der Waals surface area contributed by atoms with E-state index < -0.39 is 5.95 Å². The summed E-state index contributed by atoms with van der Waals surface area (Å²) in [6, 6.07) is 14.5. The third-order valence-electron chi connectivity index (χ3n) is 7.18. The third-order valence-corrected chi connectivity index (χ3v) is 8.58. The molecule has 0 radical (unpaired) electrons. The van der Waals surface area contributed by atoms with Crippen LogP contribution in [0.5, 0.6) is 0 Å². The number of piperidine rings is 1. The minimum Gasteiger partial charge on any atom is -0.334 e. The van der Waals surface area contributed by atoms with Crippen molar-refractivity contribution < 1.29 is 9.18 Å². The van der Waals surface area contributed by atoms with Gasteiger partial charge in [0.05, 0.1) is 15.7 Å². The van der Waals surface area contributed by atoms with Gasteiger partial charge >= 0.3 is 6.03 Å². The molecule has 2 aromatic carbocycles. The molecule has 5 nitrogen and oxygen atoms in total. The molecule has 0 unspecified atom stereocenters. The summed E-state index contributed by atoms with van der Waals surface area (Å²) in [5, 5.41) is 4.05. The van der Waals surface area contributed by atoms with Crippen molar-refractivity contribution in [3.8, 4) is 0 Å². The van der Waals surface area contributed by atoms with Crippen LogP contribution in [0.4, 0.5) is 14.9 Å². The first kappa shape index (κ1) is 26.2. The predicted molar refractivity (Wildman–Crippen MR) is 151 cm³/mol. The number of amides is 2. The number of aromatic nitrogens is 1. The minimum atomic E-state index is -0.556. The summed E-state index contributed by atoms with van der Waals surface area (Å²) in [5.74, 6) is -0.556. The molecule has 0 aliphatic carbocycles. The molecule has 0 saturated carbocycles. The van der Waals surface area contributed by atoms with Crippen molar-refractivity contribution >= 4 is 56.9 Å². The van der Waals surface area contributed by atoms with Crippen molar-refractivity contribution in [2.24, 2.45) is 0 Å². The molecular weight excluding hydrogens is 578 g/mol. The molecule has 192 valence electrons. The molecule has 3 heterocycles. The second-order valence-corrected chi connectivity index (χ2v) is 11.2. The van der Waals surface area contributed by atoms with E-state index >= 15 is 0 Å². The molecule has 37 heavy (non-hydrogen) atoms. The number of carbonyl (C=O) groups excluding carboxylic acids is 1. The Kier molecular flexibility index (Phi) is 7.86. The van der Waals surface area contributed by atoms with Gasteiger partial charge in [-0.25, -0.2) is 9.78 Å². The number of pyridine rings is 1. The molecule has 0 atom stereocenters. The quantitative estimate of drug-likeness (QED) is 0.317. The van der Waals surface area contributed by atoms with Crippen molar-refractivity contribution in [1.82, 2.24) is 15.2 Å². The Morgan fingerprint density at radius 3 is 2.70 bits per heavy atom. The third kappa shape index (κ3) is 5.70. The van der Waals surface area contributed by atoms with Gasteiger partial charge in [0.15, 0.2) is 0 Å². The molecule has 9 heteroatoms. The Hall–Kier alpha value is -2.45. The van der Waals surface area contributed by atoms with Crippen molar-refractivity contribution in [1.29, 1.82) is 0 Å². The number of urea groups is 1. The van der Waals surface area contributed by atoms with E-state index in [1.54, 1.807) is 12.1 Å². The van der Waals surface area contributed by atoms with Crippen LogP contribution in [0.15, 0.2) is 65.3 Å². The van der Waals surface area contributed by atoms with E-state index in [2.05, 4.69) is 43.3 Å². The van der Waals surface area contributed by atoms with Gasteiger partial charge in [0.25, 0.3) is 0 Å². The summed E-state index contributed by atoms with van der Waals surface area (Å²) >= 11 is 15.9. The van der Waals surface area contributed by atoms with Crippen LogP contribution in [0.3, 0.4) is 0 Å². The Bertz CT molecular complexity index is 1340. The Morgan fingerprint density at radius 1 is 1.14 bits per heavy atom. The van der Waals surface area contributed by atoms with Gasteiger partial charge in [0, 0.05) is 35.7 Å². The minimum absolute atomic E-state index is 0.112. The number of halogens is 4. The van der Waals surface area contributed by atoms with Crippen molar-refractivity contribution in [3.05, 3.63) is 98.0 Å². The molecule has 5 rings (SSSR count). The maximum absolute atomic E-state index is 13.4. The lowest BCUT2D eigenvalue weighted by Crippen LogP contribution is -2.47. The highest BCUT2D eigenvalue weighted by Gasteiger charge is 2.47. The van der Waals surface area contributed by atoms with Gasteiger partial charge in [-0.2, -0.15) is 4.39 Å². The molecule has 2 amide bonds. The molecular formula is C28H26BrCl2FN4O. The lowest BCUT2D eigenvalue weighted by Gasteiger charge is -2.39. The SMILES string of the molecule is O=C(NCc1ccnc(F)c1)N1CC2(CCN(C/C=C/c3ccc(Cl)c(Cl)c3)CC2)c2c(Br)cccc21. The van der Waals surface area contributed by atoms with Crippen LogP contribution in [0.25, 0.3) is 6.08 Å². The fourth-order valence-corrected chi connectivity index (χ4v) is 6.34. The standard InChI is InChI=1S/C28H26BrCl2FN4O/c29-21-4-1-5-24-26(21)28(18-36(24)27(37)34-17-20-8-11-33-25(32)16-20)9-13-35(14-10-28)12-2-3-19-6-7-22(30)23(31)15-19/h1-8,11,15-16H,9-10,12-14,17-18H2,(H,34,37)/b3-2+. The number of fused-ring (bicyclic) bond motifs is 2. The summed E-state index contributed by atoms with van der Waals surface area (Å²) < 4.78 is 14.5. The van der Waals surface area contributed by atoms with E-state index in [1.807, 2.05) is 35.2 Å². The van der Waals surface area contributed by atoms with Crippen LogP contribution in [0.2, 0.25) is 10.0 Å². The lowest BCUT2D eigenvalue weighted by atomic mass is 9.74. The number of benzene rings is 2. The van der Waals surface area contributed by atoms with E-state index in [4.69, 9.17) is 23.2 Å². The number of hydrogen-bond acceptors (Lipinski definition) is 3. The zero-order chi connectivity index (χ0) is 26.0. The summed E-state index contributed by atoms with van der Waals surface area (Å²) in [6.07, 6.45) is 7.51. The van der Waals surface area contributed by atoms with Crippen molar-refractivity contribution in [3.63, 3.8) is 0 Å². The molecule has 1 spiro atoms. The first-order valence-electron chi connectivity index (χ1n) is 12.1. The van der Waals surface area contributed by atoms with Crippen LogP contribution < -0.4 is 10.2 Å². The van der Waals surface area contributed by atoms with E-state index in [-0.39, 0.29) is 18.0 Å². The number of hydrogen-bond donors (Lipinski definition) is 1. The largest absolute Gasteiger partial charge is 0.334 e. The Labute approximate surface area is 234 Å². The van der Waals surface area contributed by atoms with Gasteiger partial charge in [-0.3, -0.25) is 9.80 Å². The molecule has 1 aromatic heterocycles. The van der Waals surface area contributed by atoms with Crippen LogP contribution in [0.1, 0.15) is 29.5 Å².